The van der Waals surface area contributed by atoms with Crippen LogP contribution in [0.2, 0.25) is 0 Å². The number of nitrogens with one attached hydrogen (secondary N) is 2. The Morgan fingerprint density at radius 2 is 1.80 bits per heavy atom. The molecule has 2 amide bonds. The Hall–Kier alpha value is -2.30. The number of anilines is 1. The van der Waals surface area contributed by atoms with Gasteiger partial charge in [0.15, 0.2) is 0 Å². The van der Waals surface area contributed by atoms with Crippen LogP contribution >= 0.6 is 0 Å². The first-order valence-corrected chi connectivity index (χ1v) is 9.17. The third-order valence-corrected chi connectivity index (χ3v) is 6.88. The highest BCUT2D eigenvalue weighted by atomic mass is 16.2. The fraction of sp³-hybridized carbons (Fsp3) is 0.500. The molecule has 130 valence electrons. The zero-order chi connectivity index (χ0) is 17.2. The second-order valence-electron chi connectivity index (χ2n) is 8.62. The molecule has 6 rings (SSSR count). The molecular weight excluding hydrogens is 314 g/mol. The van der Waals surface area contributed by atoms with Gasteiger partial charge in [-0.1, -0.05) is 0 Å². The van der Waals surface area contributed by atoms with Crippen molar-refractivity contribution in [1.82, 2.24) is 4.98 Å². The van der Waals surface area contributed by atoms with Crippen molar-refractivity contribution in [3.8, 4) is 0 Å². The SMILES string of the molecule is NC(=O)C12CC3CC(C1)CC(C(=O)Nc1ccc4[nH]ccc4c1)(C3)C2. The second kappa shape index (κ2) is 4.87. The molecule has 2 unspecified atom stereocenters. The van der Waals surface area contributed by atoms with Gasteiger partial charge in [0.2, 0.25) is 11.8 Å². The maximum Gasteiger partial charge on any atom is 0.230 e. The van der Waals surface area contributed by atoms with Crippen molar-refractivity contribution >= 4 is 28.4 Å². The fourth-order valence-electron chi connectivity index (χ4n) is 6.21. The Labute approximate surface area is 146 Å². The molecule has 5 heteroatoms. The Morgan fingerprint density at radius 1 is 1.08 bits per heavy atom. The van der Waals surface area contributed by atoms with Crippen molar-refractivity contribution < 1.29 is 9.59 Å². The summed E-state index contributed by atoms with van der Waals surface area (Å²) < 4.78 is 0. The molecule has 2 aromatic rings. The molecule has 0 radical (unpaired) electrons. The zero-order valence-electron chi connectivity index (χ0n) is 14.2. The average Bonchev–Trinajstić information content (AvgIpc) is 3.01. The van der Waals surface area contributed by atoms with Crippen LogP contribution in [0.15, 0.2) is 30.5 Å². The summed E-state index contributed by atoms with van der Waals surface area (Å²) >= 11 is 0. The molecule has 4 aliphatic rings. The quantitative estimate of drug-likeness (QED) is 0.803. The summed E-state index contributed by atoms with van der Waals surface area (Å²) in [6, 6.07) is 7.91. The molecule has 4 N–H and O–H groups in total. The molecule has 5 nitrogen and oxygen atoms in total. The van der Waals surface area contributed by atoms with Crippen molar-refractivity contribution in [2.45, 2.75) is 38.5 Å². The number of benzene rings is 1. The Bertz CT molecular complexity index is 870. The highest BCUT2D eigenvalue weighted by molar-refractivity contribution is 5.98. The molecule has 1 heterocycles. The van der Waals surface area contributed by atoms with Crippen molar-refractivity contribution in [3.63, 3.8) is 0 Å². The normalized spacial score (nSPS) is 35.8. The Morgan fingerprint density at radius 3 is 2.52 bits per heavy atom. The number of nitrogens with two attached hydrogens (primary N) is 1. The first kappa shape index (κ1) is 15.0. The standard InChI is InChI=1S/C20H23N3O2/c21-17(24)19-7-12-5-13(8-19)10-20(9-12,11-19)18(25)23-15-1-2-16-14(6-15)3-4-22-16/h1-4,6,12-13,22H,5,7-11H2,(H2,21,24)(H,23,25). The lowest BCUT2D eigenvalue weighted by Gasteiger charge is -2.60. The highest BCUT2D eigenvalue weighted by Gasteiger charge is 2.62. The fourth-order valence-corrected chi connectivity index (χ4v) is 6.21. The largest absolute Gasteiger partial charge is 0.369 e. The first-order chi connectivity index (χ1) is 12.0. The lowest BCUT2D eigenvalue weighted by atomic mass is 9.43. The molecule has 0 saturated heterocycles. The van der Waals surface area contributed by atoms with E-state index >= 15 is 0 Å². The van der Waals surface area contributed by atoms with Gasteiger partial charge < -0.3 is 16.0 Å². The van der Waals surface area contributed by atoms with Gasteiger partial charge in [-0.15, -0.1) is 0 Å². The topological polar surface area (TPSA) is 88.0 Å². The second-order valence-corrected chi connectivity index (χ2v) is 8.62. The number of hydrogen-bond donors (Lipinski definition) is 3. The smallest absolute Gasteiger partial charge is 0.230 e. The molecular formula is C20H23N3O2. The number of fused-ring (bicyclic) bond motifs is 1. The molecule has 25 heavy (non-hydrogen) atoms. The van der Waals surface area contributed by atoms with E-state index in [-0.39, 0.29) is 11.8 Å². The van der Waals surface area contributed by atoms with Gasteiger partial charge in [-0.2, -0.15) is 0 Å². The van der Waals surface area contributed by atoms with Crippen LogP contribution in [0.1, 0.15) is 38.5 Å². The molecule has 2 atom stereocenters. The molecule has 0 spiro atoms. The minimum absolute atomic E-state index is 0.0714. The number of aromatic amines is 1. The number of carbonyl (C=O) groups is 2. The van der Waals surface area contributed by atoms with Gasteiger partial charge in [-0.25, -0.2) is 0 Å². The van der Waals surface area contributed by atoms with Gasteiger partial charge in [-0.05, 0) is 74.6 Å². The third kappa shape index (κ3) is 2.14. The lowest BCUT2D eigenvalue weighted by molar-refractivity contribution is -0.162. The molecule has 4 bridgehead atoms. The monoisotopic (exact) mass is 337 g/mol. The van der Waals surface area contributed by atoms with Gasteiger partial charge in [-0.3, -0.25) is 9.59 Å². The average molecular weight is 337 g/mol. The number of hydrogen-bond acceptors (Lipinski definition) is 2. The number of rotatable bonds is 3. The van der Waals surface area contributed by atoms with Gasteiger partial charge in [0, 0.05) is 22.8 Å². The molecule has 1 aromatic carbocycles. The van der Waals surface area contributed by atoms with E-state index in [0.29, 0.717) is 18.3 Å². The Kier molecular flexibility index (Phi) is 2.92. The number of amides is 2. The van der Waals surface area contributed by atoms with Crippen LogP contribution in [0.5, 0.6) is 0 Å². The Balaban J connectivity index is 1.45. The molecule has 0 aliphatic heterocycles. The first-order valence-electron chi connectivity index (χ1n) is 9.17. The van der Waals surface area contributed by atoms with E-state index in [1.54, 1.807) is 0 Å². The van der Waals surface area contributed by atoms with Crippen molar-refractivity contribution in [1.29, 1.82) is 0 Å². The van der Waals surface area contributed by atoms with Crippen LogP contribution in [0.25, 0.3) is 10.9 Å². The van der Waals surface area contributed by atoms with Crippen molar-refractivity contribution in [2.24, 2.45) is 28.4 Å². The number of primary amides is 1. The number of aromatic nitrogens is 1. The van der Waals surface area contributed by atoms with Crippen molar-refractivity contribution in [2.75, 3.05) is 5.32 Å². The maximum absolute atomic E-state index is 13.2. The van der Waals surface area contributed by atoms with E-state index in [4.69, 9.17) is 5.73 Å². The van der Waals surface area contributed by atoms with E-state index in [0.717, 1.165) is 48.7 Å². The van der Waals surface area contributed by atoms with Crippen LogP contribution in [-0.4, -0.2) is 16.8 Å². The summed E-state index contributed by atoms with van der Waals surface area (Å²) in [5, 5.41) is 4.21. The molecule has 4 fully saturated rings. The molecule has 1 aromatic heterocycles. The van der Waals surface area contributed by atoms with Gasteiger partial charge in [0.05, 0.1) is 10.8 Å². The zero-order valence-corrected chi connectivity index (χ0v) is 14.2. The predicted octanol–water partition coefficient (Wildman–Crippen LogP) is 3.18. The lowest BCUT2D eigenvalue weighted by Crippen LogP contribution is -2.59. The van der Waals surface area contributed by atoms with E-state index in [2.05, 4.69) is 10.3 Å². The van der Waals surface area contributed by atoms with Gasteiger partial charge >= 0.3 is 0 Å². The maximum atomic E-state index is 13.2. The van der Waals surface area contributed by atoms with E-state index in [1.807, 2.05) is 30.5 Å². The van der Waals surface area contributed by atoms with Gasteiger partial charge in [0.1, 0.15) is 0 Å². The van der Waals surface area contributed by atoms with Gasteiger partial charge in [0.25, 0.3) is 0 Å². The van der Waals surface area contributed by atoms with E-state index in [9.17, 15) is 9.59 Å². The van der Waals surface area contributed by atoms with E-state index < -0.39 is 10.8 Å². The predicted molar refractivity (Wildman–Crippen MR) is 95.7 cm³/mol. The number of H-pyrrole nitrogens is 1. The van der Waals surface area contributed by atoms with Crippen LogP contribution < -0.4 is 11.1 Å². The summed E-state index contributed by atoms with van der Waals surface area (Å²) in [6.07, 6.45) is 7.23. The third-order valence-electron chi connectivity index (χ3n) is 6.88. The molecule has 4 aliphatic carbocycles. The van der Waals surface area contributed by atoms with Crippen molar-refractivity contribution in [3.05, 3.63) is 30.5 Å². The van der Waals surface area contributed by atoms with Crippen LogP contribution in [-0.2, 0) is 9.59 Å². The number of carbonyl (C=O) groups excluding carboxylic acids is 2. The summed E-state index contributed by atoms with van der Waals surface area (Å²) in [5.41, 5.74) is 6.78. The summed E-state index contributed by atoms with van der Waals surface area (Å²) in [4.78, 5) is 28.6. The molecule has 4 saturated carbocycles. The van der Waals surface area contributed by atoms with E-state index in [1.165, 1.54) is 0 Å². The van der Waals surface area contributed by atoms with Crippen LogP contribution in [0.3, 0.4) is 0 Å². The highest BCUT2D eigenvalue weighted by Crippen LogP contribution is 2.65. The van der Waals surface area contributed by atoms with Crippen LogP contribution in [0.4, 0.5) is 5.69 Å². The summed E-state index contributed by atoms with van der Waals surface area (Å²) in [5.74, 6) is 0.799. The van der Waals surface area contributed by atoms with Crippen LogP contribution in [0, 0.1) is 22.7 Å². The summed E-state index contributed by atoms with van der Waals surface area (Å²) in [6.45, 7) is 0. The minimum atomic E-state index is -0.452. The minimum Gasteiger partial charge on any atom is -0.369 e. The summed E-state index contributed by atoms with van der Waals surface area (Å²) in [7, 11) is 0.